The smallest absolute Gasteiger partial charge is 0.0431 e. The summed E-state index contributed by atoms with van der Waals surface area (Å²) in [6, 6.07) is 0. The van der Waals surface area contributed by atoms with Gasteiger partial charge < -0.3 is 5.11 Å². The average Bonchev–Trinajstić information content (AvgIpc) is 2.21. The molecule has 0 saturated heterocycles. The highest BCUT2D eigenvalue weighted by atomic mass is 16.2. The number of hydrogen-bond acceptors (Lipinski definition) is 1. The zero-order valence-electron chi connectivity index (χ0n) is 9.25. The molecule has 0 atom stereocenters. The molecule has 0 aromatic rings. The van der Waals surface area contributed by atoms with Crippen LogP contribution in [0.25, 0.3) is 0 Å². The predicted molar refractivity (Wildman–Crippen MR) is 63.4 cm³/mol. The molecule has 0 aromatic heterocycles. The van der Waals surface area contributed by atoms with Crippen LogP contribution in [0.3, 0.4) is 0 Å². The van der Waals surface area contributed by atoms with Crippen LogP contribution in [0.15, 0.2) is 24.8 Å². The van der Waals surface area contributed by atoms with Crippen LogP contribution in [0.2, 0.25) is 0 Å². The molecule has 0 aliphatic rings. The van der Waals surface area contributed by atoms with Gasteiger partial charge in [0.1, 0.15) is 0 Å². The topological polar surface area (TPSA) is 20.2 Å². The van der Waals surface area contributed by atoms with E-state index in [1.54, 1.807) is 0 Å². The molecule has 0 fully saturated rings. The summed E-state index contributed by atoms with van der Waals surface area (Å²) in [4.78, 5) is 0. The van der Waals surface area contributed by atoms with E-state index in [0.29, 0.717) is 6.61 Å². The lowest BCUT2D eigenvalue weighted by molar-refractivity contribution is 0.282. The number of rotatable bonds is 10. The first-order valence-corrected chi connectivity index (χ1v) is 5.80. The minimum absolute atomic E-state index is 0.354. The maximum atomic E-state index is 8.57. The molecule has 0 heterocycles. The predicted octanol–water partition coefficient (Wildman–Crippen LogP) is 3.84. The molecule has 1 heteroatoms. The van der Waals surface area contributed by atoms with Crippen molar-refractivity contribution in [2.24, 2.45) is 0 Å². The number of hydrogen-bond donors (Lipinski definition) is 1. The second-order valence-corrected chi connectivity index (χ2v) is 3.65. The van der Waals surface area contributed by atoms with E-state index in [9.17, 15) is 0 Å². The fourth-order valence-electron chi connectivity index (χ4n) is 1.45. The molecule has 1 nitrogen and oxygen atoms in total. The van der Waals surface area contributed by atoms with Gasteiger partial charge in [-0.1, -0.05) is 56.9 Å². The van der Waals surface area contributed by atoms with Gasteiger partial charge in [0, 0.05) is 6.61 Å². The highest BCUT2D eigenvalue weighted by Crippen LogP contribution is 2.08. The molecule has 0 radical (unpaired) electrons. The van der Waals surface area contributed by atoms with Crippen molar-refractivity contribution in [1.82, 2.24) is 0 Å². The SMILES string of the molecule is C=C/C=C\CCCCCCCCCO. The van der Waals surface area contributed by atoms with Gasteiger partial charge in [0.05, 0.1) is 0 Å². The first-order valence-electron chi connectivity index (χ1n) is 5.80. The van der Waals surface area contributed by atoms with E-state index >= 15 is 0 Å². The van der Waals surface area contributed by atoms with Crippen molar-refractivity contribution in [1.29, 1.82) is 0 Å². The summed E-state index contributed by atoms with van der Waals surface area (Å²) in [6.07, 6.45) is 15.9. The van der Waals surface area contributed by atoms with E-state index in [-0.39, 0.29) is 0 Å². The van der Waals surface area contributed by atoms with Gasteiger partial charge in [-0.2, -0.15) is 0 Å². The summed E-state index contributed by atoms with van der Waals surface area (Å²) >= 11 is 0. The Balaban J connectivity index is 2.91. The van der Waals surface area contributed by atoms with Crippen LogP contribution in [-0.2, 0) is 0 Å². The molecule has 1 N–H and O–H groups in total. The lowest BCUT2D eigenvalue weighted by Crippen LogP contribution is -1.83. The van der Waals surface area contributed by atoms with Crippen LogP contribution in [0.5, 0.6) is 0 Å². The third kappa shape index (κ3) is 11.4. The summed E-state index contributed by atoms with van der Waals surface area (Å²) in [5, 5.41) is 8.57. The van der Waals surface area contributed by atoms with Crippen molar-refractivity contribution < 1.29 is 5.11 Å². The summed E-state index contributed by atoms with van der Waals surface area (Å²) in [7, 11) is 0. The van der Waals surface area contributed by atoms with Crippen LogP contribution in [-0.4, -0.2) is 11.7 Å². The third-order valence-corrected chi connectivity index (χ3v) is 2.30. The number of aliphatic hydroxyl groups is 1. The van der Waals surface area contributed by atoms with Crippen molar-refractivity contribution in [3.05, 3.63) is 24.8 Å². The lowest BCUT2D eigenvalue weighted by atomic mass is 10.1. The zero-order valence-corrected chi connectivity index (χ0v) is 9.25. The number of allylic oxidation sites excluding steroid dienone is 3. The fourth-order valence-corrected chi connectivity index (χ4v) is 1.45. The molecule has 0 aliphatic heterocycles. The monoisotopic (exact) mass is 196 g/mol. The molecule has 0 unspecified atom stereocenters. The summed E-state index contributed by atoms with van der Waals surface area (Å²) < 4.78 is 0. The Morgan fingerprint density at radius 3 is 2.00 bits per heavy atom. The summed E-state index contributed by atoms with van der Waals surface area (Å²) in [6.45, 7) is 3.98. The first-order chi connectivity index (χ1) is 6.91. The molecule has 0 saturated carbocycles. The maximum Gasteiger partial charge on any atom is 0.0431 e. The van der Waals surface area contributed by atoms with Gasteiger partial charge >= 0.3 is 0 Å². The van der Waals surface area contributed by atoms with E-state index in [1.807, 2.05) is 12.2 Å². The highest BCUT2D eigenvalue weighted by Gasteiger charge is 1.90. The quantitative estimate of drug-likeness (QED) is 0.416. The number of unbranched alkanes of at least 4 members (excludes halogenated alkanes) is 7. The summed E-state index contributed by atoms with van der Waals surface area (Å²) in [5.74, 6) is 0. The highest BCUT2D eigenvalue weighted by molar-refractivity contribution is 4.96. The van der Waals surface area contributed by atoms with Gasteiger partial charge in [-0.05, 0) is 19.3 Å². The van der Waals surface area contributed by atoms with Gasteiger partial charge in [0.25, 0.3) is 0 Å². The minimum Gasteiger partial charge on any atom is -0.396 e. The Hall–Kier alpha value is -0.560. The lowest BCUT2D eigenvalue weighted by Gasteiger charge is -1.99. The Morgan fingerprint density at radius 1 is 0.857 bits per heavy atom. The average molecular weight is 196 g/mol. The molecule has 0 amide bonds. The maximum absolute atomic E-state index is 8.57. The Kier molecular flexibility index (Phi) is 11.9. The third-order valence-electron chi connectivity index (χ3n) is 2.30. The van der Waals surface area contributed by atoms with Gasteiger partial charge in [0.2, 0.25) is 0 Å². The fraction of sp³-hybridized carbons (Fsp3) is 0.692. The van der Waals surface area contributed by atoms with Crippen molar-refractivity contribution in [2.45, 2.75) is 51.4 Å². The molecule has 82 valence electrons. The Labute approximate surface area is 88.5 Å². The molecule has 0 bridgehead atoms. The van der Waals surface area contributed by atoms with Crippen LogP contribution < -0.4 is 0 Å². The second-order valence-electron chi connectivity index (χ2n) is 3.65. The van der Waals surface area contributed by atoms with Crippen molar-refractivity contribution in [3.63, 3.8) is 0 Å². The molecule has 0 rings (SSSR count). The van der Waals surface area contributed by atoms with Crippen LogP contribution >= 0.6 is 0 Å². The van der Waals surface area contributed by atoms with Gasteiger partial charge in [-0.25, -0.2) is 0 Å². The molecule has 0 aliphatic carbocycles. The van der Waals surface area contributed by atoms with Crippen molar-refractivity contribution in [3.8, 4) is 0 Å². The Morgan fingerprint density at radius 2 is 1.43 bits per heavy atom. The van der Waals surface area contributed by atoms with Gasteiger partial charge in [-0.3, -0.25) is 0 Å². The molecular weight excluding hydrogens is 172 g/mol. The van der Waals surface area contributed by atoms with E-state index in [0.717, 1.165) is 6.42 Å². The first kappa shape index (κ1) is 13.4. The zero-order chi connectivity index (χ0) is 10.5. The molecule has 0 spiro atoms. The minimum atomic E-state index is 0.354. The van der Waals surface area contributed by atoms with E-state index in [4.69, 9.17) is 5.11 Å². The van der Waals surface area contributed by atoms with Crippen molar-refractivity contribution >= 4 is 0 Å². The summed E-state index contributed by atoms with van der Waals surface area (Å²) in [5.41, 5.74) is 0. The van der Waals surface area contributed by atoms with Gasteiger partial charge in [0.15, 0.2) is 0 Å². The van der Waals surface area contributed by atoms with Crippen LogP contribution in [0.1, 0.15) is 51.4 Å². The second kappa shape index (κ2) is 12.4. The molecule has 14 heavy (non-hydrogen) atoms. The van der Waals surface area contributed by atoms with Crippen LogP contribution in [0.4, 0.5) is 0 Å². The van der Waals surface area contributed by atoms with E-state index < -0.39 is 0 Å². The van der Waals surface area contributed by atoms with Crippen molar-refractivity contribution in [2.75, 3.05) is 6.61 Å². The Bertz CT molecular complexity index is 138. The molecular formula is C13H24O. The van der Waals surface area contributed by atoms with E-state index in [2.05, 4.69) is 12.7 Å². The van der Waals surface area contributed by atoms with Crippen LogP contribution in [0, 0.1) is 0 Å². The molecule has 0 aromatic carbocycles. The number of aliphatic hydroxyl groups excluding tert-OH is 1. The normalized spacial score (nSPS) is 10.9. The van der Waals surface area contributed by atoms with Gasteiger partial charge in [-0.15, -0.1) is 0 Å². The van der Waals surface area contributed by atoms with E-state index in [1.165, 1.54) is 44.9 Å². The largest absolute Gasteiger partial charge is 0.396 e. The standard InChI is InChI=1S/C13H24O/c1-2-3-4-5-6-7-8-9-10-11-12-13-14/h2-4,14H,1,5-13H2/b4-3-.